The average Bonchev–Trinajstić information content (AvgIpc) is 3.31. The number of oxime groups is 1. The number of phenols is 1. The van der Waals surface area contributed by atoms with Crippen LogP contribution in [0, 0.1) is 13.8 Å². The molecule has 4 rings (SSSR count). The lowest BCUT2D eigenvalue weighted by Crippen LogP contribution is -2.46. The summed E-state index contributed by atoms with van der Waals surface area (Å²) < 4.78 is 0. The molecular formula is C29H31N3O5. The molecule has 0 aromatic heterocycles. The third-order valence-electron chi connectivity index (χ3n) is 6.59. The number of carbonyl (C=O) groups is 2. The van der Waals surface area contributed by atoms with Gasteiger partial charge < -0.3 is 25.3 Å². The Kier molecular flexibility index (Phi) is 7.89. The van der Waals surface area contributed by atoms with Crippen molar-refractivity contribution in [3.8, 4) is 16.9 Å². The van der Waals surface area contributed by atoms with Gasteiger partial charge in [0.1, 0.15) is 18.9 Å². The third kappa shape index (κ3) is 5.81. The van der Waals surface area contributed by atoms with E-state index in [0.29, 0.717) is 16.8 Å². The first-order valence-corrected chi connectivity index (χ1v) is 12.1. The molecule has 0 saturated carbocycles. The van der Waals surface area contributed by atoms with Crippen LogP contribution in [0.15, 0.2) is 71.9 Å². The largest absolute Gasteiger partial charge is 0.508 e. The molecule has 37 heavy (non-hydrogen) atoms. The van der Waals surface area contributed by atoms with Gasteiger partial charge in [0.25, 0.3) is 5.91 Å². The highest BCUT2D eigenvalue weighted by Crippen LogP contribution is 2.28. The van der Waals surface area contributed by atoms with E-state index in [-0.39, 0.29) is 37.1 Å². The number of hydrogen-bond donors (Lipinski definition) is 3. The van der Waals surface area contributed by atoms with E-state index >= 15 is 0 Å². The van der Waals surface area contributed by atoms with E-state index in [4.69, 9.17) is 4.84 Å². The second-order valence-electron chi connectivity index (χ2n) is 9.19. The van der Waals surface area contributed by atoms with Crippen molar-refractivity contribution < 1.29 is 24.6 Å². The molecule has 192 valence electrons. The van der Waals surface area contributed by atoms with Crippen LogP contribution in [0.1, 0.15) is 39.6 Å². The first-order chi connectivity index (χ1) is 17.8. The van der Waals surface area contributed by atoms with Crippen molar-refractivity contribution >= 4 is 17.5 Å². The third-order valence-corrected chi connectivity index (χ3v) is 6.59. The number of nitrogens with one attached hydrogen (secondary N) is 1. The zero-order chi connectivity index (χ0) is 26.5. The topological polar surface area (TPSA) is 111 Å². The number of carbonyl (C=O) groups excluding carboxylic acids is 2. The summed E-state index contributed by atoms with van der Waals surface area (Å²) in [5.74, 6) is -0.583. The van der Waals surface area contributed by atoms with Crippen LogP contribution in [0.2, 0.25) is 0 Å². The van der Waals surface area contributed by atoms with Gasteiger partial charge >= 0.3 is 0 Å². The summed E-state index contributed by atoms with van der Waals surface area (Å²) in [4.78, 5) is 32.9. The maximum atomic E-state index is 13.5. The van der Waals surface area contributed by atoms with E-state index in [1.54, 1.807) is 24.3 Å². The molecule has 8 nitrogen and oxygen atoms in total. The molecule has 0 bridgehead atoms. The molecule has 2 atom stereocenters. The Morgan fingerprint density at radius 1 is 1.05 bits per heavy atom. The molecule has 8 heteroatoms. The van der Waals surface area contributed by atoms with Gasteiger partial charge in [-0.15, -0.1) is 0 Å². The van der Waals surface area contributed by atoms with Crippen molar-refractivity contribution in [1.82, 2.24) is 10.2 Å². The monoisotopic (exact) mass is 501 g/mol. The van der Waals surface area contributed by atoms with Gasteiger partial charge in [0.05, 0.1) is 18.4 Å². The fourth-order valence-corrected chi connectivity index (χ4v) is 4.69. The van der Waals surface area contributed by atoms with E-state index < -0.39 is 12.1 Å². The number of aromatic hydroxyl groups is 1. The highest BCUT2D eigenvalue weighted by molar-refractivity contribution is 6.05. The van der Waals surface area contributed by atoms with Crippen LogP contribution in [-0.4, -0.2) is 58.9 Å². The molecule has 1 heterocycles. The number of hydrogen-bond acceptors (Lipinski definition) is 6. The maximum absolute atomic E-state index is 13.5. The van der Waals surface area contributed by atoms with E-state index in [2.05, 4.69) is 36.5 Å². The number of likely N-dealkylation sites (tertiary alicyclic amines) is 1. The van der Waals surface area contributed by atoms with E-state index in [1.807, 2.05) is 18.2 Å². The smallest absolute Gasteiger partial charge is 0.254 e. The van der Waals surface area contributed by atoms with E-state index in [1.165, 1.54) is 24.1 Å². The van der Waals surface area contributed by atoms with Crippen molar-refractivity contribution in [2.75, 3.05) is 20.2 Å². The lowest BCUT2D eigenvalue weighted by molar-refractivity contribution is -0.125. The van der Waals surface area contributed by atoms with Crippen LogP contribution in [-0.2, 0) is 9.63 Å². The number of rotatable bonds is 7. The first kappa shape index (κ1) is 25.9. The number of phenolic OH excluding ortho intramolecular Hbond substituents is 1. The van der Waals surface area contributed by atoms with Gasteiger partial charge in [0, 0.05) is 18.5 Å². The van der Waals surface area contributed by atoms with Gasteiger partial charge in [-0.1, -0.05) is 47.6 Å². The van der Waals surface area contributed by atoms with Crippen LogP contribution in [0.4, 0.5) is 0 Å². The SMILES string of the molecule is CO/N=C1\C[C@@H](C(=O)NC[C@@H](O)c2ccc(O)cc2)N(C(=O)c2ccc(-c3c(C)cccc3C)cc2)C1. The molecule has 1 fully saturated rings. The molecule has 0 radical (unpaired) electrons. The number of amides is 2. The Bertz CT molecular complexity index is 1280. The molecule has 1 saturated heterocycles. The molecule has 1 aliphatic heterocycles. The standard InChI is InChI=1S/C29H31N3O5/c1-18-5-4-6-19(2)27(18)21-7-9-22(10-8-21)29(36)32-17-23(31-37-3)15-25(32)28(35)30-16-26(34)20-11-13-24(33)14-12-20/h4-14,25-26,33-34H,15-17H2,1-3H3,(H,30,35)/b31-23+/t25-,26+/m0/s1. The van der Waals surface area contributed by atoms with Crippen LogP contribution < -0.4 is 5.32 Å². The molecule has 3 aromatic rings. The van der Waals surface area contributed by atoms with E-state index in [9.17, 15) is 19.8 Å². The van der Waals surface area contributed by atoms with Crippen LogP contribution in [0.25, 0.3) is 11.1 Å². The molecule has 0 spiro atoms. The second-order valence-corrected chi connectivity index (χ2v) is 9.19. The van der Waals surface area contributed by atoms with Crippen LogP contribution >= 0.6 is 0 Å². The normalized spacial score (nSPS) is 17.0. The van der Waals surface area contributed by atoms with Crippen LogP contribution in [0.3, 0.4) is 0 Å². The summed E-state index contributed by atoms with van der Waals surface area (Å²) >= 11 is 0. The minimum Gasteiger partial charge on any atom is -0.508 e. The lowest BCUT2D eigenvalue weighted by Gasteiger charge is -2.24. The van der Waals surface area contributed by atoms with Gasteiger partial charge in [-0.3, -0.25) is 9.59 Å². The summed E-state index contributed by atoms with van der Waals surface area (Å²) in [7, 11) is 1.42. The average molecular weight is 502 g/mol. The highest BCUT2D eigenvalue weighted by atomic mass is 16.6. The first-order valence-electron chi connectivity index (χ1n) is 12.1. The van der Waals surface area contributed by atoms with Crippen molar-refractivity contribution in [2.24, 2.45) is 5.16 Å². The highest BCUT2D eigenvalue weighted by Gasteiger charge is 2.38. The van der Waals surface area contributed by atoms with Crippen LogP contribution in [0.5, 0.6) is 5.75 Å². The number of aryl methyl sites for hydroxylation is 2. The molecular weight excluding hydrogens is 470 g/mol. The zero-order valence-corrected chi connectivity index (χ0v) is 21.1. The molecule has 2 amide bonds. The van der Waals surface area contributed by atoms with Crippen molar-refractivity contribution in [2.45, 2.75) is 32.4 Å². The van der Waals surface area contributed by atoms with Gasteiger partial charge in [-0.25, -0.2) is 0 Å². The molecule has 0 unspecified atom stereocenters. The molecule has 3 N–H and O–H groups in total. The Hall–Kier alpha value is -4.17. The van der Waals surface area contributed by atoms with Crippen molar-refractivity contribution in [1.29, 1.82) is 0 Å². The predicted molar refractivity (Wildman–Crippen MR) is 141 cm³/mol. The predicted octanol–water partition coefficient (Wildman–Crippen LogP) is 3.74. The van der Waals surface area contributed by atoms with Gasteiger partial charge in [-0.05, 0) is 65.9 Å². The van der Waals surface area contributed by atoms with E-state index in [0.717, 1.165) is 22.3 Å². The fourth-order valence-electron chi connectivity index (χ4n) is 4.69. The lowest BCUT2D eigenvalue weighted by atomic mass is 9.95. The van der Waals surface area contributed by atoms with Crippen molar-refractivity contribution in [3.05, 3.63) is 89.0 Å². The van der Waals surface area contributed by atoms with Crippen molar-refractivity contribution in [3.63, 3.8) is 0 Å². The summed E-state index contributed by atoms with van der Waals surface area (Å²) in [5.41, 5.74) is 6.09. The second kappa shape index (κ2) is 11.3. The molecule has 3 aromatic carbocycles. The summed E-state index contributed by atoms with van der Waals surface area (Å²) in [5, 5.41) is 26.6. The number of aliphatic hydroxyl groups is 1. The summed E-state index contributed by atoms with van der Waals surface area (Å²) in [6.07, 6.45) is -0.721. The van der Waals surface area contributed by atoms with Gasteiger partial charge in [0.15, 0.2) is 0 Å². The van der Waals surface area contributed by atoms with Gasteiger partial charge in [-0.2, -0.15) is 0 Å². The number of nitrogens with zero attached hydrogens (tertiary/aromatic N) is 2. The maximum Gasteiger partial charge on any atom is 0.254 e. The summed E-state index contributed by atoms with van der Waals surface area (Å²) in [6, 6.07) is 18.9. The van der Waals surface area contributed by atoms with Gasteiger partial charge in [0.2, 0.25) is 5.91 Å². The zero-order valence-electron chi connectivity index (χ0n) is 21.1. The molecule has 1 aliphatic rings. The fraction of sp³-hybridized carbons (Fsp3) is 0.276. The Morgan fingerprint density at radius 2 is 1.70 bits per heavy atom. The Labute approximate surface area is 216 Å². The number of benzene rings is 3. The number of aliphatic hydroxyl groups excluding tert-OH is 1. The summed E-state index contributed by atoms with van der Waals surface area (Å²) in [6.45, 7) is 4.25. The quantitative estimate of drug-likeness (QED) is 0.427. The molecule has 0 aliphatic carbocycles. The Morgan fingerprint density at radius 3 is 2.32 bits per heavy atom. The minimum absolute atomic E-state index is 0.0383. The Balaban J connectivity index is 1.49. The minimum atomic E-state index is -0.959.